The van der Waals surface area contributed by atoms with E-state index in [-0.39, 0.29) is 24.7 Å². The lowest BCUT2D eigenvalue weighted by Gasteiger charge is -2.21. The maximum absolute atomic E-state index is 12.8. The van der Waals surface area contributed by atoms with E-state index in [1.165, 1.54) is 5.01 Å². The summed E-state index contributed by atoms with van der Waals surface area (Å²) >= 11 is 0. The Bertz CT molecular complexity index is 1160. The summed E-state index contributed by atoms with van der Waals surface area (Å²) in [7, 11) is 3.46. The third-order valence-corrected chi connectivity index (χ3v) is 5.63. The normalized spacial score (nSPS) is 14.0. The van der Waals surface area contributed by atoms with Gasteiger partial charge < -0.3 is 14.6 Å². The number of hydrogen-bond acceptors (Lipinski definition) is 5. The Kier molecular flexibility index (Phi) is 6.83. The summed E-state index contributed by atoms with van der Waals surface area (Å²) in [4.78, 5) is 29.9. The first-order chi connectivity index (χ1) is 16.1. The number of aryl methyl sites for hydroxylation is 1. The van der Waals surface area contributed by atoms with Crippen molar-refractivity contribution in [2.45, 2.75) is 25.3 Å². The lowest BCUT2D eigenvalue weighted by molar-refractivity contribution is -0.133. The standard InChI is InChI=1S/C25H27N5O3/c1-29-17-15-26-25(29)24(19-10-6-7-11-21(19)33-2)27-22(31)12-13-23(32)30-16-14-20(28-30)18-8-4-3-5-9-18/h3-11,15,17,24H,12-14,16H2,1-2H3,(H,27,31)/t24-/m1/s1. The van der Waals surface area contributed by atoms with Crippen LogP contribution < -0.4 is 10.1 Å². The van der Waals surface area contributed by atoms with Gasteiger partial charge in [0, 0.05) is 44.3 Å². The van der Waals surface area contributed by atoms with E-state index in [1.54, 1.807) is 13.3 Å². The highest BCUT2D eigenvalue weighted by atomic mass is 16.5. The molecule has 2 heterocycles. The van der Waals surface area contributed by atoms with Crippen LogP contribution >= 0.6 is 0 Å². The molecule has 3 aromatic rings. The Labute approximate surface area is 192 Å². The number of carbonyl (C=O) groups is 2. The summed E-state index contributed by atoms with van der Waals surface area (Å²) in [6.07, 6.45) is 4.35. The van der Waals surface area contributed by atoms with Crippen LogP contribution in [-0.4, -0.2) is 45.7 Å². The number of carbonyl (C=O) groups excluding carboxylic acids is 2. The van der Waals surface area contributed by atoms with E-state index in [4.69, 9.17) is 4.74 Å². The lowest BCUT2D eigenvalue weighted by atomic mass is 10.0. The Morgan fingerprint density at radius 1 is 1.09 bits per heavy atom. The number of hydrogen-bond donors (Lipinski definition) is 1. The number of hydrazone groups is 1. The number of amides is 2. The van der Waals surface area contributed by atoms with Gasteiger partial charge in [0.05, 0.1) is 19.4 Å². The fourth-order valence-electron chi connectivity index (χ4n) is 3.89. The van der Waals surface area contributed by atoms with Crippen molar-refractivity contribution in [1.29, 1.82) is 0 Å². The molecule has 0 bridgehead atoms. The van der Waals surface area contributed by atoms with Crippen LogP contribution in [0.25, 0.3) is 0 Å². The number of rotatable bonds is 8. The number of nitrogens with one attached hydrogen (secondary N) is 1. The molecule has 1 aromatic heterocycles. The predicted octanol–water partition coefficient (Wildman–Crippen LogP) is 3.05. The van der Waals surface area contributed by atoms with Crippen molar-refractivity contribution in [1.82, 2.24) is 19.9 Å². The summed E-state index contributed by atoms with van der Waals surface area (Å²) in [5.74, 6) is 0.924. The number of nitrogens with zero attached hydrogens (tertiary/aromatic N) is 4. The van der Waals surface area contributed by atoms with Gasteiger partial charge in [0.2, 0.25) is 11.8 Å². The maximum atomic E-state index is 12.8. The zero-order chi connectivity index (χ0) is 23.2. The second kappa shape index (κ2) is 10.1. The Balaban J connectivity index is 1.42. The van der Waals surface area contributed by atoms with Gasteiger partial charge in [0.15, 0.2) is 0 Å². The summed E-state index contributed by atoms with van der Waals surface area (Å²) in [6.45, 7) is 0.530. The number of imidazole rings is 1. The molecule has 8 nitrogen and oxygen atoms in total. The number of benzene rings is 2. The smallest absolute Gasteiger partial charge is 0.243 e. The van der Waals surface area contributed by atoms with Gasteiger partial charge in [0.1, 0.15) is 17.6 Å². The molecule has 4 rings (SSSR count). The van der Waals surface area contributed by atoms with Crippen molar-refractivity contribution in [3.05, 3.63) is 83.9 Å². The predicted molar refractivity (Wildman–Crippen MR) is 125 cm³/mol. The first-order valence-electron chi connectivity index (χ1n) is 10.9. The van der Waals surface area contributed by atoms with Crippen LogP contribution in [0.2, 0.25) is 0 Å². The summed E-state index contributed by atoms with van der Waals surface area (Å²) < 4.78 is 7.35. The highest BCUT2D eigenvalue weighted by Gasteiger charge is 2.25. The molecule has 170 valence electrons. The van der Waals surface area contributed by atoms with Gasteiger partial charge in [-0.3, -0.25) is 9.59 Å². The molecule has 0 unspecified atom stereocenters. The van der Waals surface area contributed by atoms with E-state index < -0.39 is 6.04 Å². The number of ether oxygens (including phenoxy) is 1. The quantitative estimate of drug-likeness (QED) is 0.577. The minimum atomic E-state index is -0.502. The van der Waals surface area contributed by atoms with Crippen molar-refractivity contribution in [2.75, 3.05) is 13.7 Å². The van der Waals surface area contributed by atoms with Gasteiger partial charge in [-0.2, -0.15) is 5.10 Å². The summed E-state index contributed by atoms with van der Waals surface area (Å²) in [5.41, 5.74) is 2.70. The monoisotopic (exact) mass is 445 g/mol. The van der Waals surface area contributed by atoms with E-state index in [9.17, 15) is 9.59 Å². The fraction of sp³-hybridized carbons (Fsp3) is 0.280. The van der Waals surface area contributed by atoms with Crippen LogP contribution in [0.1, 0.15) is 42.3 Å². The van der Waals surface area contributed by atoms with Crippen molar-refractivity contribution in [3.8, 4) is 5.75 Å². The molecule has 1 N–H and O–H groups in total. The first-order valence-corrected chi connectivity index (χ1v) is 10.9. The zero-order valence-electron chi connectivity index (χ0n) is 18.8. The van der Waals surface area contributed by atoms with Gasteiger partial charge in [-0.1, -0.05) is 48.5 Å². The van der Waals surface area contributed by atoms with E-state index in [0.717, 1.165) is 16.8 Å². The van der Waals surface area contributed by atoms with E-state index in [2.05, 4.69) is 15.4 Å². The molecule has 0 saturated heterocycles. The highest BCUT2D eigenvalue weighted by molar-refractivity contribution is 6.02. The second-order valence-electron chi connectivity index (χ2n) is 7.82. The van der Waals surface area contributed by atoms with Crippen molar-refractivity contribution in [2.24, 2.45) is 12.1 Å². The molecule has 0 radical (unpaired) electrons. The zero-order valence-corrected chi connectivity index (χ0v) is 18.8. The molecule has 1 atom stereocenters. The SMILES string of the molecule is COc1ccccc1[C@@H](NC(=O)CCC(=O)N1CCC(c2ccccc2)=N1)c1nccn1C. The van der Waals surface area contributed by atoms with Crippen LogP contribution in [0, 0.1) is 0 Å². The van der Waals surface area contributed by atoms with Crippen LogP contribution in [0.15, 0.2) is 72.1 Å². The van der Waals surface area contributed by atoms with Gasteiger partial charge in [-0.25, -0.2) is 9.99 Å². The van der Waals surface area contributed by atoms with Crippen LogP contribution in [0.3, 0.4) is 0 Å². The van der Waals surface area contributed by atoms with Crippen molar-refractivity contribution < 1.29 is 14.3 Å². The van der Waals surface area contributed by atoms with Crippen LogP contribution in [0.4, 0.5) is 0 Å². The molecule has 0 spiro atoms. The molecule has 1 aliphatic heterocycles. The Morgan fingerprint density at radius 3 is 2.58 bits per heavy atom. The lowest BCUT2D eigenvalue weighted by Crippen LogP contribution is -2.32. The van der Waals surface area contributed by atoms with Gasteiger partial charge >= 0.3 is 0 Å². The minimum Gasteiger partial charge on any atom is -0.496 e. The Hall–Kier alpha value is -3.94. The number of aromatic nitrogens is 2. The van der Waals surface area contributed by atoms with Crippen molar-refractivity contribution >= 4 is 17.5 Å². The molecular formula is C25H27N5O3. The molecule has 0 saturated carbocycles. The number of para-hydroxylation sites is 1. The fourth-order valence-corrected chi connectivity index (χ4v) is 3.89. The third kappa shape index (κ3) is 5.11. The molecule has 1 aliphatic rings. The second-order valence-corrected chi connectivity index (χ2v) is 7.82. The first kappa shape index (κ1) is 22.3. The maximum Gasteiger partial charge on any atom is 0.243 e. The summed E-state index contributed by atoms with van der Waals surface area (Å²) in [6, 6.07) is 16.8. The van der Waals surface area contributed by atoms with Gasteiger partial charge in [-0.15, -0.1) is 0 Å². The van der Waals surface area contributed by atoms with E-state index in [1.807, 2.05) is 72.4 Å². The van der Waals surface area contributed by atoms with Gasteiger partial charge in [0.25, 0.3) is 0 Å². The topological polar surface area (TPSA) is 88.8 Å². The number of methoxy groups -OCH3 is 1. The molecule has 33 heavy (non-hydrogen) atoms. The summed E-state index contributed by atoms with van der Waals surface area (Å²) in [5, 5.41) is 8.95. The largest absolute Gasteiger partial charge is 0.496 e. The molecule has 8 heteroatoms. The van der Waals surface area contributed by atoms with Gasteiger partial charge in [-0.05, 0) is 11.6 Å². The third-order valence-electron chi connectivity index (χ3n) is 5.63. The highest BCUT2D eigenvalue weighted by Crippen LogP contribution is 2.29. The molecule has 2 amide bonds. The van der Waals surface area contributed by atoms with Crippen LogP contribution in [0.5, 0.6) is 5.75 Å². The molecule has 0 fully saturated rings. The molecular weight excluding hydrogens is 418 g/mol. The van der Waals surface area contributed by atoms with E-state index >= 15 is 0 Å². The molecule has 0 aliphatic carbocycles. The average Bonchev–Trinajstić information content (AvgIpc) is 3.51. The molecule has 2 aromatic carbocycles. The van der Waals surface area contributed by atoms with Crippen molar-refractivity contribution in [3.63, 3.8) is 0 Å². The van der Waals surface area contributed by atoms with E-state index in [0.29, 0.717) is 24.5 Å². The Morgan fingerprint density at radius 2 is 1.85 bits per heavy atom. The minimum absolute atomic E-state index is 0.0571. The average molecular weight is 446 g/mol. The van der Waals surface area contributed by atoms with Crippen LogP contribution in [-0.2, 0) is 16.6 Å².